The van der Waals surface area contributed by atoms with E-state index in [0.29, 0.717) is 11.1 Å². The maximum Gasteiger partial charge on any atom is 0.307 e. The third-order valence-corrected chi connectivity index (χ3v) is 5.78. The molecule has 1 aliphatic carbocycles. The highest BCUT2D eigenvalue weighted by Gasteiger charge is 2.40. The maximum absolute atomic E-state index is 12.9. The molecule has 8 nitrogen and oxygen atoms in total. The SMILES string of the molecule is O=C(O)Cc1ccc(O)c(NC(=O)c2ccc3c(c2)C(=O)N(C2CCCCC2)C3=O)c1. The second kappa shape index (κ2) is 8.22. The summed E-state index contributed by atoms with van der Waals surface area (Å²) in [4.78, 5) is 50.6. The van der Waals surface area contributed by atoms with Gasteiger partial charge in [0.15, 0.2) is 0 Å². The first-order valence-corrected chi connectivity index (χ1v) is 10.2. The molecule has 1 fully saturated rings. The molecule has 2 aromatic carbocycles. The molecule has 160 valence electrons. The molecule has 1 aliphatic heterocycles. The number of carbonyl (C=O) groups is 4. The van der Waals surface area contributed by atoms with Crippen molar-refractivity contribution in [2.45, 2.75) is 44.6 Å². The molecule has 1 heterocycles. The quantitative estimate of drug-likeness (QED) is 0.502. The molecule has 0 bridgehead atoms. The van der Waals surface area contributed by atoms with Crippen LogP contribution >= 0.6 is 0 Å². The van der Waals surface area contributed by atoms with E-state index in [1.165, 1.54) is 41.3 Å². The highest BCUT2D eigenvalue weighted by Crippen LogP contribution is 2.32. The van der Waals surface area contributed by atoms with Gasteiger partial charge in [0, 0.05) is 11.6 Å². The summed E-state index contributed by atoms with van der Waals surface area (Å²) in [5, 5.41) is 21.5. The summed E-state index contributed by atoms with van der Waals surface area (Å²) in [5.41, 5.74) is 1.13. The summed E-state index contributed by atoms with van der Waals surface area (Å²) in [5.74, 6) is -2.53. The third-order valence-electron chi connectivity index (χ3n) is 5.78. The molecule has 0 aromatic heterocycles. The van der Waals surface area contributed by atoms with E-state index >= 15 is 0 Å². The molecule has 2 aliphatic rings. The number of hydrogen-bond donors (Lipinski definition) is 3. The van der Waals surface area contributed by atoms with Crippen molar-refractivity contribution in [3.05, 3.63) is 58.7 Å². The highest BCUT2D eigenvalue weighted by molar-refractivity contribution is 6.22. The predicted octanol–water partition coefficient (Wildman–Crippen LogP) is 3.20. The Balaban J connectivity index is 1.56. The summed E-state index contributed by atoms with van der Waals surface area (Å²) in [6.45, 7) is 0. The summed E-state index contributed by atoms with van der Waals surface area (Å²) < 4.78 is 0. The molecule has 0 atom stereocenters. The molecular formula is C23H22N2O6. The lowest BCUT2D eigenvalue weighted by molar-refractivity contribution is -0.136. The van der Waals surface area contributed by atoms with Crippen molar-refractivity contribution in [1.82, 2.24) is 4.90 Å². The monoisotopic (exact) mass is 422 g/mol. The number of nitrogens with zero attached hydrogens (tertiary/aromatic N) is 1. The van der Waals surface area contributed by atoms with Crippen LogP contribution in [0.4, 0.5) is 5.69 Å². The van der Waals surface area contributed by atoms with Crippen LogP contribution in [-0.2, 0) is 11.2 Å². The van der Waals surface area contributed by atoms with Gasteiger partial charge >= 0.3 is 5.97 Å². The molecule has 0 spiro atoms. The van der Waals surface area contributed by atoms with Crippen LogP contribution in [0, 0.1) is 0 Å². The Kier molecular flexibility index (Phi) is 5.46. The normalized spacial score (nSPS) is 16.3. The van der Waals surface area contributed by atoms with E-state index in [9.17, 15) is 24.3 Å². The number of carboxylic acid groups (broad SMARTS) is 1. The number of imide groups is 1. The Labute approximate surface area is 178 Å². The van der Waals surface area contributed by atoms with Gasteiger partial charge in [0.05, 0.1) is 23.2 Å². The number of rotatable bonds is 5. The zero-order chi connectivity index (χ0) is 22.1. The fourth-order valence-electron chi connectivity index (χ4n) is 4.23. The fraction of sp³-hybridized carbons (Fsp3) is 0.304. The standard InChI is InChI=1S/C23H22N2O6/c26-19-9-6-13(11-20(27)28)10-18(19)24-21(29)14-7-8-16-17(12-14)23(31)25(22(16)30)15-4-2-1-3-5-15/h6-10,12,15,26H,1-5,11H2,(H,24,29)(H,27,28). The second-order valence-electron chi connectivity index (χ2n) is 7.91. The lowest BCUT2D eigenvalue weighted by atomic mass is 9.94. The lowest BCUT2D eigenvalue weighted by Crippen LogP contribution is -2.40. The van der Waals surface area contributed by atoms with E-state index in [1.807, 2.05) is 0 Å². The Morgan fingerprint density at radius 3 is 2.39 bits per heavy atom. The predicted molar refractivity (Wildman–Crippen MR) is 111 cm³/mol. The number of anilines is 1. The van der Waals surface area contributed by atoms with Gasteiger partial charge in [-0.05, 0) is 48.7 Å². The molecule has 31 heavy (non-hydrogen) atoms. The minimum Gasteiger partial charge on any atom is -0.506 e. The van der Waals surface area contributed by atoms with Crippen LogP contribution in [0.1, 0.15) is 68.7 Å². The Morgan fingerprint density at radius 2 is 1.68 bits per heavy atom. The van der Waals surface area contributed by atoms with Crippen molar-refractivity contribution in [1.29, 1.82) is 0 Å². The average Bonchev–Trinajstić information content (AvgIpc) is 3.00. The van der Waals surface area contributed by atoms with Gasteiger partial charge in [-0.3, -0.25) is 24.1 Å². The zero-order valence-electron chi connectivity index (χ0n) is 16.8. The number of hydrogen-bond acceptors (Lipinski definition) is 5. The van der Waals surface area contributed by atoms with Crippen LogP contribution in [0.15, 0.2) is 36.4 Å². The van der Waals surface area contributed by atoms with Gasteiger partial charge in [-0.2, -0.15) is 0 Å². The van der Waals surface area contributed by atoms with E-state index in [0.717, 1.165) is 32.1 Å². The minimum absolute atomic E-state index is 0.0653. The van der Waals surface area contributed by atoms with Gasteiger partial charge in [0.25, 0.3) is 17.7 Å². The highest BCUT2D eigenvalue weighted by atomic mass is 16.4. The summed E-state index contributed by atoms with van der Waals surface area (Å²) in [6, 6.07) is 8.38. The van der Waals surface area contributed by atoms with Gasteiger partial charge in [0.2, 0.25) is 0 Å². The topological polar surface area (TPSA) is 124 Å². The van der Waals surface area contributed by atoms with Gasteiger partial charge in [-0.15, -0.1) is 0 Å². The van der Waals surface area contributed by atoms with Crippen LogP contribution in [0.3, 0.4) is 0 Å². The molecule has 3 amide bonds. The number of aliphatic carboxylic acids is 1. The summed E-state index contributed by atoms with van der Waals surface area (Å²) >= 11 is 0. The van der Waals surface area contributed by atoms with E-state index < -0.39 is 11.9 Å². The van der Waals surface area contributed by atoms with Crippen molar-refractivity contribution in [2.24, 2.45) is 0 Å². The number of fused-ring (bicyclic) bond motifs is 1. The van der Waals surface area contributed by atoms with Crippen LogP contribution < -0.4 is 5.32 Å². The van der Waals surface area contributed by atoms with Gasteiger partial charge < -0.3 is 15.5 Å². The van der Waals surface area contributed by atoms with Gasteiger partial charge in [-0.25, -0.2) is 0 Å². The van der Waals surface area contributed by atoms with E-state index in [2.05, 4.69) is 5.32 Å². The molecular weight excluding hydrogens is 400 g/mol. The first-order valence-electron chi connectivity index (χ1n) is 10.2. The summed E-state index contributed by atoms with van der Waals surface area (Å²) in [6.07, 6.45) is 4.40. The van der Waals surface area contributed by atoms with Crippen LogP contribution in [0.5, 0.6) is 5.75 Å². The molecule has 8 heteroatoms. The van der Waals surface area contributed by atoms with E-state index in [4.69, 9.17) is 5.11 Å². The molecule has 2 aromatic rings. The van der Waals surface area contributed by atoms with Gasteiger partial charge in [-0.1, -0.05) is 25.3 Å². The molecule has 3 N–H and O–H groups in total. The number of aromatic hydroxyl groups is 1. The number of benzene rings is 2. The fourth-order valence-corrected chi connectivity index (χ4v) is 4.23. The number of amides is 3. The first kappa shape index (κ1) is 20.6. The van der Waals surface area contributed by atoms with Crippen LogP contribution in [0.2, 0.25) is 0 Å². The first-order chi connectivity index (χ1) is 14.8. The second-order valence-corrected chi connectivity index (χ2v) is 7.91. The number of phenolic OH excluding ortho intramolecular Hbond substituents is 1. The zero-order valence-corrected chi connectivity index (χ0v) is 16.8. The van der Waals surface area contributed by atoms with E-state index in [1.54, 1.807) is 0 Å². The van der Waals surface area contributed by atoms with Crippen molar-refractivity contribution in [2.75, 3.05) is 5.32 Å². The molecule has 4 rings (SSSR count). The van der Waals surface area contributed by atoms with Gasteiger partial charge in [0.1, 0.15) is 5.75 Å². The van der Waals surface area contributed by atoms with Crippen molar-refractivity contribution in [3.63, 3.8) is 0 Å². The van der Waals surface area contributed by atoms with Crippen molar-refractivity contribution in [3.8, 4) is 5.75 Å². The number of nitrogens with one attached hydrogen (secondary N) is 1. The average molecular weight is 422 g/mol. The number of phenols is 1. The number of carbonyl (C=O) groups excluding carboxylic acids is 3. The molecule has 0 radical (unpaired) electrons. The Morgan fingerprint density at radius 1 is 0.968 bits per heavy atom. The van der Waals surface area contributed by atoms with Crippen molar-refractivity contribution >= 4 is 29.4 Å². The van der Waals surface area contributed by atoms with Crippen LogP contribution in [0.25, 0.3) is 0 Å². The Hall–Kier alpha value is -3.68. The smallest absolute Gasteiger partial charge is 0.307 e. The van der Waals surface area contributed by atoms with E-state index in [-0.39, 0.29) is 46.8 Å². The Bertz CT molecular complexity index is 1090. The molecule has 0 saturated heterocycles. The summed E-state index contributed by atoms with van der Waals surface area (Å²) in [7, 11) is 0. The maximum atomic E-state index is 12.9. The van der Waals surface area contributed by atoms with Crippen molar-refractivity contribution < 1.29 is 29.4 Å². The third kappa shape index (κ3) is 4.01. The molecule has 0 unspecified atom stereocenters. The lowest BCUT2D eigenvalue weighted by Gasteiger charge is -2.29. The minimum atomic E-state index is -1.03. The molecule has 1 saturated carbocycles. The number of carboxylic acids is 1. The van der Waals surface area contributed by atoms with Crippen LogP contribution in [-0.4, -0.2) is 44.8 Å². The largest absolute Gasteiger partial charge is 0.506 e.